The van der Waals surface area contributed by atoms with Crippen LogP contribution in [0.1, 0.15) is 63.7 Å². The van der Waals surface area contributed by atoms with Gasteiger partial charge in [-0.2, -0.15) is 0 Å². The molecule has 4 heterocycles. The molecule has 28 heavy (non-hydrogen) atoms. The Labute approximate surface area is 167 Å². The van der Waals surface area contributed by atoms with Gasteiger partial charge in [-0.25, -0.2) is 9.97 Å². The van der Waals surface area contributed by atoms with Crippen molar-refractivity contribution in [2.75, 3.05) is 26.7 Å². The smallest absolute Gasteiger partial charge is 0.239 e. The molecule has 0 bridgehead atoms. The van der Waals surface area contributed by atoms with Gasteiger partial charge in [-0.3, -0.25) is 9.69 Å². The molecular formula is C22H33N5O. The molecular weight excluding hydrogens is 350 g/mol. The Kier molecular flexibility index (Phi) is 5.95. The van der Waals surface area contributed by atoms with Gasteiger partial charge in [-0.1, -0.05) is 19.8 Å². The van der Waals surface area contributed by atoms with Crippen LogP contribution in [0.2, 0.25) is 0 Å². The fourth-order valence-electron chi connectivity index (χ4n) is 4.88. The molecule has 2 aliphatic heterocycles. The number of aromatic nitrogens is 3. The second kappa shape index (κ2) is 8.60. The largest absolute Gasteiger partial charge is 0.341 e. The first-order chi connectivity index (χ1) is 13.7. The van der Waals surface area contributed by atoms with E-state index in [1.807, 2.05) is 12.3 Å². The van der Waals surface area contributed by atoms with Crippen LogP contribution in [0, 0.1) is 0 Å². The number of likely N-dealkylation sites (N-methyl/N-ethyl adjacent to an activating group) is 1. The number of pyridine rings is 1. The number of fused-ring (bicyclic) bond motifs is 1. The van der Waals surface area contributed by atoms with E-state index in [0.29, 0.717) is 11.9 Å². The zero-order chi connectivity index (χ0) is 19.5. The number of likely N-dealkylation sites (tertiary alicyclic amines) is 2. The third-order valence-electron chi connectivity index (χ3n) is 6.44. The number of carbonyl (C=O) groups is 1. The third-order valence-corrected chi connectivity index (χ3v) is 6.44. The summed E-state index contributed by atoms with van der Waals surface area (Å²) >= 11 is 0. The van der Waals surface area contributed by atoms with Gasteiger partial charge >= 0.3 is 0 Å². The van der Waals surface area contributed by atoms with Crippen LogP contribution in [0.15, 0.2) is 18.3 Å². The number of amides is 1. The van der Waals surface area contributed by atoms with Crippen LogP contribution >= 0.6 is 0 Å². The van der Waals surface area contributed by atoms with E-state index in [-0.39, 0.29) is 6.04 Å². The van der Waals surface area contributed by atoms with Crippen molar-refractivity contribution in [3.63, 3.8) is 0 Å². The topological polar surface area (TPSA) is 54.3 Å². The number of imidazole rings is 1. The summed E-state index contributed by atoms with van der Waals surface area (Å²) in [6.45, 7) is 4.92. The highest BCUT2D eigenvalue weighted by Crippen LogP contribution is 2.29. The number of aryl methyl sites for hydroxylation is 1. The van der Waals surface area contributed by atoms with E-state index in [2.05, 4.69) is 39.4 Å². The molecule has 1 atom stereocenters. The first-order valence-electron chi connectivity index (χ1n) is 11.0. The van der Waals surface area contributed by atoms with E-state index in [4.69, 9.17) is 4.98 Å². The molecule has 152 valence electrons. The first kappa shape index (κ1) is 19.4. The molecule has 0 radical (unpaired) electrons. The summed E-state index contributed by atoms with van der Waals surface area (Å²) in [6, 6.07) is 4.47. The molecule has 6 nitrogen and oxygen atoms in total. The van der Waals surface area contributed by atoms with Crippen LogP contribution in [0.4, 0.5) is 0 Å². The Morgan fingerprint density at radius 2 is 1.96 bits per heavy atom. The summed E-state index contributed by atoms with van der Waals surface area (Å²) in [5, 5.41) is 0. The zero-order valence-corrected chi connectivity index (χ0v) is 17.3. The zero-order valence-electron chi connectivity index (χ0n) is 17.3. The van der Waals surface area contributed by atoms with Crippen molar-refractivity contribution < 1.29 is 4.79 Å². The monoisotopic (exact) mass is 383 g/mol. The summed E-state index contributed by atoms with van der Waals surface area (Å²) in [7, 11) is 2.11. The Morgan fingerprint density at radius 1 is 1.14 bits per heavy atom. The van der Waals surface area contributed by atoms with Gasteiger partial charge in [0, 0.05) is 31.7 Å². The maximum absolute atomic E-state index is 13.1. The molecule has 0 aromatic carbocycles. The third kappa shape index (κ3) is 3.79. The lowest BCUT2D eigenvalue weighted by Gasteiger charge is -2.37. The quantitative estimate of drug-likeness (QED) is 0.812. The molecule has 0 aliphatic carbocycles. The highest BCUT2D eigenvalue weighted by molar-refractivity contribution is 5.82. The molecule has 2 aromatic rings. The van der Waals surface area contributed by atoms with E-state index in [1.54, 1.807) is 0 Å². The summed E-state index contributed by atoms with van der Waals surface area (Å²) in [4.78, 5) is 27.0. The van der Waals surface area contributed by atoms with Gasteiger partial charge in [0.1, 0.15) is 11.3 Å². The van der Waals surface area contributed by atoms with Crippen LogP contribution in [0.3, 0.4) is 0 Å². The Balaban J connectivity index is 1.48. The molecule has 2 aliphatic rings. The van der Waals surface area contributed by atoms with Crippen molar-refractivity contribution in [2.24, 2.45) is 0 Å². The van der Waals surface area contributed by atoms with E-state index in [1.165, 1.54) is 19.3 Å². The van der Waals surface area contributed by atoms with Gasteiger partial charge in [-0.05, 0) is 57.8 Å². The van der Waals surface area contributed by atoms with Crippen molar-refractivity contribution in [3.8, 4) is 0 Å². The Morgan fingerprint density at radius 3 is 2.75 bits per heavy atom. The minimum atomic E-state index is 0.0745. The Hall–Kier alpha value is -1.95. The SMILES string of the molecule is CCCc1nc2cccnc2n1C1CCN(C(=O)C2CCCCCN2C)CC1. The molecule has 0 spiro atoms. The van der Waals surface area contributed by atoms with Crippen LogP contribution in [0.25, 0.3) is 11.2 Å². The molecule has 4 rings (SSSR count). The first-order valence-corrected chi connectivity index (χ1v) is 11.0. The molecule has 1 unspecified atom stereocenters. The number of carbonyl (C=O) groups excluding carboxylic acids is 1. The lowest BCUT2D eigenvalue weighted by Crippen LogP contribution is -2.49. The minimum Gasteiger partial charge on any atom is -0.341 e. The average molecular weight is 384 g/mol. The summed E-state index contributed by atoms with van der Waals surface area (Å²) in [6.07, 6.45) is 10.5. The van der Waals surface area contributed by atoms with E-state index < -0.39 is 0 Å². The lowest BCUT2D eigenvalue weighted by atomic mass is 10.0. The van der Waals surface area contributed by atoms with Crippen molar-refractivity contribution in [1.82, 2.24) is 24.3 Å². The van der Waals surface area contributed by atoms with Crippen molar-refractivity contribution >= 4 is 17.1 Å². The van der Waals surface area contributed by atoms with Crippen LogP contribution in [0.5, 0.6) is 0 Å². The van der Waals surface area contributed by atoms with Gasteiger partial charge < -0.3 is 9.47 Å². The highest BCUT2D eigenvalue weighted by atomic mass is 16.2. The van der Waals surface area contributed by atoms with E-state index in [0.717, 1.165) is 68.7 Å². The molecule has 2 saturated heterocycles. The number of nitrogens with zero attached hydrogens (tertiary/aromatic N) is 5. The van der Waals surface area contributed by atoms with Gasteiger partial charge in [-0.15, -0.1) is 0 Å². The van der Waals surface area contributed by atoms with Gasteiger partial charge in [0.05, 0.1) is 6.04 Å². The molecule has 6 heteroatoms. The van der Waals surface area contributed by atoms with Crippen LogP contribution in [-0.4, -0.2) is 63.0 Å². The summed E-state index contributed by atoms with van der Waals surface area (Å²) in [5.74, 6) is 1.48. The van der Waals surface area contributed by atoms with Gasteiger partial charge in [0.25, 0.3) is 0 Å². The second-order valence-corrected chi connectivity index (χ2v) is 8.40. The second-order valence-electron chi connectivity index (χ2n) is 8.40. The van der Waals surface area contributed by atoms with Gasteiger partial charge in [0.15, 0.2) is 5.65 Å². The molecule has 0 saturated carbocycles. The van der Waals surface area contributed by atoms with Crippen molar-refractivity contribution in [2.45, 2.75) is 70.4 Å². The maximum Gasteiger partial charge on any atom is 0.239 e. The minimum absolute atomic E-state index is 0.0745. The number of piperidine rings is 1. The fraction of sp³-hybridized carbons (Fsp3) is 0.682. The average Bonchev–Trinajstić information content (AvgIpc) is 2.94. The maximum atomic E-state index is 13.1. The predicted octanol–water partition coefficient (Wildman–Crippen LogP) is 3.42. The van der Waals surface area contributed by atoms with Crippen LogP contribution < -0.4 is 0 Å². The number of rotatable bonds is 4. The molecule has 1 amide bonds. The van der Waals surface area contributed by atoms with Gasteiger partial charge in [0.2, 0.25) is 5.91 Å². The predicted molar refractivity (Wildman–Crippen MR) is 111 cm³/mol. The molecule has 2 fully saturated rings. The van der Waals surface area contributed by atoms with Crippen molar-refractivity contribution in [1.29, 1.82) is 0 Å². The highest BCUT2D eigenvalue weighted by Gasteiger charge is 2.32. The summed E-state index contributed by atoms with van der Waals surface area (Å²) in [5.41, 5.74) is 1.99. The lowest BCUT2D eigenvalue weighted by molar-refractivity contribution is -0.138. The standard InChI is InChI=1S/C22H33N5O/c1-3-8-20-24-18-9-7-13-23-21(18)27(20)17-11-15-26(16-12-17)22(28)19-10-5-4-6-14-25(19)2/h7,9,13,17,19H,3-6,8,10-12,14-16H2,1-2H3. The van der Waals surface area contributed by atoms with E-state index >= 15 is 0 Å². The Bertz CT molecular complexity index is 808. The fourth-order valence-corrected chi connectivity index (χ4v) is 4.88. The van der Waals surface area contributed by atoms with E-state index in [9.17, 15) is 4.79 Å². The van der Waals surface area contributed by atoms with Crippen molar-refractivity contribution in [3.05, 3.63) is 24.2 Å². The molecule has 2 aromatic heterocycles. The molecule has 0 N–H and O–H groups in total. The number of hydrogen-bond acceptors (Lipinski definition) is 4. The normalized spacial score (nSPS) is 22.5. The summed E-state index contributed by atoms with van der Waals surface area (Å²) < 4.78 is 2.36. The van der Waals surface area contributed by atoms with Crippen LogP contribution in [-0.2, 0) is 11.2 Å². The number of hydrogen-bond donors (Lipinski definition) is 0.